The average molecular weight is 459 g/mol. The zero-order valence-corrected chi connectivity index (χ0v) is 17.6. The highest BCUT2D eigenvalue weighted by Crippen LogP contribution is 2.20. The number of β-amino-alcohol motifs (C(OH)–C–C–N with tert-alkyl or cyclic N) is 1. The Labute approximate surface area is 178 Å². The van der Waals surface area contributed by atoms with Crippen molar-refractivity contribution in [3.63, 3.8) is 0 Å². The van der Waals surface area contributed by atoms with Crippen LogP contribution in [0.25, 0.3) is 0 Å². The Bertz CT molecular complexity index is 905. The van der Waals surface area contributed by atoms with Gasteiger partial charge >= 0.3 is 6.03 Å². The van der Waals surface area contributed by atoms with Crippen molar-refractivity contribution in [2.24, 2.45) is 0 Å². The van der Waals surface area contributed by atoms with E-state index in [1.807, 2.05) is 12.1 Å². The van der Waals surface area contributed by atoms with Crippen molar-refractivity contribution >= 4 is 27.9 Å². The Balaban J connectivity index is 1.32. The minimum atomic E-state index is -0.706. The third-order valence-electron chi connectivity index (χ3n) is 5.35. The summed E-state index contributed by atoms with van der Waals surface area (Å²) in [5.74, 6) is -0.265. The number of halogens is 1. The molecule has 2 aliphatic heterocycles. The summed E-state index contributed by atoms with van der Waals surface area (Å²) in [4.78, 5) is 34.0. The lowest BCUT2D eigenvalue weighted by atomic mass is 10.00. The maximum atomic E-state index is 12.6. The Kier molecular flexibility index (Phi) is 5.94. The fraction of sp³-hybridized carbons (Fsp3) is 0.381. The van der Waals surface area contributed by atoms with Gasteiger partial charge in [0.25, 0.3) is 5.91 Å². The Morgan fingerprint density at radius 2 is 1.86 bits per heavy atom. The molecule has 2 aliphatic rings. The van der Waals surface area contributed by atoms with Gasteiger partial charge in [0.1, 0.15) is 6.54 Å². The topological polar surface area (TPSA) is 77.0 Å². The predicted molar refractivity (Wildman–Crippen MR) is 111 cm³/mol. The highest BCUT2D eigenvalue weighted by atomic mass is 79.9. The molecule has 4 rings (SSSR count). The molecule has 0 aliphatic carbocycles. The minimum Gasteiger partial charge on any atom is -0.390 e. The second kappa shape index (κ2) is 8.61. The van der Waals surface area contributed by atoms with Gasteiger partial charge in [0.05, 0.1) is 24.9 Å². The summed E-state index contributed by atoms with van der Waals surface area (Å²) in [6.07, 6.45) is 1.89. The smallest absolute Gasteiger partial charge is 0.327 e. The summed E-state index contributed by atoms with van der Waals surface area (Å²) in [6, 6.07) is 11.6. The number of nitrogens with zero attached hydrogens (tertiary/aromatic N) is 4. The average Bonchev–Trinajstić information content (AvgIpc) is 2.96. The molecule has 152 valence electrons. The SMILES string of the molecule is O=C1CN(CC(O)CN2CCc3ccccc3C2)C(=O)N1Cc1ccc(Br)cn1. The number of hydrogen-bond acceptors (Lipinski definition) is 5. The van der Waals surface area contributed by atoms with Crippen LogP contribution in [0.2, 0.25) is 0 Å². The lowest BCUT2D eigenvalue weighted by Gasteiger charge is -2.31. The van der Waals surface area contributed by atoms with Crippen molar-refractivity contribution in [1.29, 1.82) is 0 Å². The Morgan fingerprint density at radius 1 is 1.07 bits per heavy atom. The number of aliphatic hydroxyl groups excluding tert-OH is 1. The van der Waals surface area contributed by atoms with Crippen molar-refractivity contribution in [2.45, 2.75) is 25.6 Å². The van der Waals surface area contributed by atoms with Gasteiger partial charge in [-0.2, -0.15) is 0 Å². The molecule has 1 aromatic heterocycles. The van der Waals surface area contributed by atoms with Gasteiger partial charge in [0.2, 0.25) is 0 Å². The zero-order chi connectivity index (χ0) is 20.4. The first-order valence-electron chi connectivity index (χ1n) is 9.66. The number of hydrogen-bond donors (Lipinski definition) is 1. The maximum absolute atomic E-state index is 12.6. The molecule has 1 unspecified atom stereocenters. The van der Waals surface area contributed by atoms with E-state index >= 15 is 0 Å². The summed E-state index contributed by atoms with van der Waals surface area (Å²) >= 11 is 3.32. The van der Waals surface area contributed by atoms with E-state index in [-0.39, 0.29) is 31.6 Å². The van der Waals surface area contributed by atoms with Gasteiger partial charge in [-0.05, 0) is 45.6 Å². The van der Waals surface area contributed by atoms with Gasteiger partial charge in [0, 0.05) is 30.3 Å². The molecule has 2 aromatic rings. The van der Waals surface area contributed by atoms with Crippen LogP contribution >= 0.6 is 15.9 Å². The standard InChI is InChI=1S/C21H23BrN4O3/c22-17-5-6-18(23-9-17)11-26-20(28)14-25(21(26)29)13-19(27)12-24-8-7-15-3-1-2-4-16(15)10-24/h1-6,9,19,27H,7-8,10-14H2. The summed E-state index contributed by atoms with van der Waals surface area (Å²) in [5, 5.41) is 10.5. The van der Waals surface area contributed by atoms with Gasteiger partial charge in [-0.25, -0.2) is 4.79 Å². The third-order valence-corrected chi connectivity index (χ3v) is 5.82. The largest absolute Gasteiger partial charge is 0.390 e. The van der Waals surface area contributed by atoms with Crippen LogP contribution in [0.1, 0.15) is 16.8 Å². The number of carbonyl (C=O) groups is 2. The molecular formula is C21H23BrN4O3. The van der Waals surface area contributed by atoms with Crippen LogP contribution < -0.4 is 0 Å². The van der Waals surface area contributed by atoms with Gasteiger partial charge in [-0.15, -0.1) is 0 Å². The molecule has 1 atom stereocenters. The van der Waals surface area contributed by atoms with E-state index in [4.69, 9.17) is 0 Å². The minimum absolute atomic E-state index is 0.00471. The van der Waals surface area contributed by atoms with Crippen LogP contribution in [0, 0.1) is 0 Å². The van der Waals surface area contributed by atoms with E-state index in [1.165, 1.54) is 20.9 Å². The van der Waals surface area contributed by atoms with Gasteiger partial charge in [0.15, 0.2) is 0 Å². The number of rotatable bonds is 6. The summed E-state index contributed by atoms with van der Waals surface area (Å²) < 4.78 is 0.838. The number of urea groups is 1. The van der Waals surface area contributed by atoms with Crippen molar-refractivity contribution < 1.29 is 14.7 Å². The van der Waals surface area contributed by atoms with E-state index in [2.05, 4.69) is 44.0 Å². The van der Waals surface area contributed by atoms with E-state index < -0.39 is 6.10 Å². The number of amides is 3. The fourth-order valence-electron chi connectivity index (χ4n) is 3.87. The number of fused-ring (bicyclic) bond motifs is 1. The molecule has 0 spiro atoms. The van der Waals surface area contributed by atoms with Crippen LogP contribution in [0.4, 0.5) is 4.79 Å². The van der Waals surface area contributed by atoms with E-state index in [9.17, 15) is 14.7 Å². The molecule has 8 heteroatoms. The van der Waals surface area contributed by atoms with Crippen LogP contribution in [0.5, 0.6) is 0 Å². The first-order chi connectivity index (χ1) is 14.0. The first-order valence-corrected chi connectivity index (χ1v) is 10.5. The Morgan fingerprint density at radius 3 is 2.62 bits per heavy atom. The third kappa shape index (κ3) is 4.66. The molecule has 3 amide bonds. The van der Waals surface area contributed by atoms with Gasteiger partial charge < -0.3 is 10.0 Å². The number of benzene rings is 1. The van der Waals surface area contributed by atoms with Gasteiger partial charge in [-0.1, -0.05) is 24.3 Å². The molecule has 3 heterocycles. The summed E-state index contributed by atoms with van der Waals surface area (Å²) in [5.41, 5.74) is 3.28. The number of aromatic nitrogens is 1. The first kappa shape index (κ1) is 20.0. The maximum Gasteiger partial charge on any atom is 0.327 e. The summed E-state index contributed by atoms with van der Waals surface area (Å²) in [7, 11) is 0. The van der Waals surface area contributed by atoms with E-state index in [1.54, 1.807) is 12.3 Å². The second-order valence-electron chi connectivity index (χ2n) is 7.52. The van der Waals surface area contributed by atoms with Crippen molar-refractivity contribution in [3.05, 3.63) is 63.9 Å². The lowest BCUT2D eigenvalue weighted by molar-refractivity contribution is -0.125. The quantitative estimate of drug-likeness (QED) is 0.670. The van der Waals surface area contributed by atoms with Crippen LogP contribution in [-0.2, 0) is 24.3 Å². The molecule has 0 radical (unpaired) electrons. The van der Waals surface area contributed by atoms with Crippen molar-refractivity contribution in [3.8, 4) is 0 Å². The molecule has 29 heavy (non-hydrogen) atoms. The second-order valence-corrected chi connectivity index (χ2v) is 8.43. The molecular weight excluding hydrogens is 436 g/mol. The van der Waals surface area contributed by atoms with Crippen LogP contribution in [0.3, 0.4) is 0 Å². The molecule has 7 nitrogen and oxygen atoms in total. The van der Waals surface area contributed by atoms with E-state index in [0.717, 1.165) is 24.0 Å². The van der Waals surface area contributed by atoms with Crippen LogP contribution in [0.15, 0.2) is 47.1 Å². The lowest BCUT2D eigenvalue weighted by Crippen LogP contribution is -2.43. The zero-order valence-electron chi connectivity index (χ0n) is 16.0. The normalized spacial score (nSPS) is 18.3. The number of carbonyl (C=O) groups excluding carboxylic acids is 2. The Hall–Kier alpha value is -2.29. The predicted octanol–water partition coefficient (Wildman–Crippen LogP) is 2.03. The van der Waals surface area contributed by atoms with Crippen LogP contribution in [-0.4, -0.2) is 69.0 Å². The monoisotopic (exact) mass is 458 g/mol. The molecule has 1 fully saturated rings. The molecule has 0 bridgehead atoms. The molecule has 1 N–H and O–H groups in total. The van der Waals surface area contributed by atoms with Crippen molar-refractivity contribution in [1.82, 2.24) is 19.7 Å². The number of aliphatic hydroxyl groups is 1. The molecule has 1 aromatic carbocycles. The van der Waals surface area contributed by atoms with Crippen molar-refractivity contribution in [2.75, 3.05) is 26.2 Å². The van der Waals surface area contributed by atoms with Gasteiger partial charge in [-0.3, -0.25) is 19.6 Å². The fourth-order valence-corrected chi connectivity index (χ4v) is 4.11. The highest BCUT2D eigenvalue weighted by Gasteiger charge is 2.37. The molecule has 1 saturated heterocycles. The highest BCUT2D eigenvalue weighted by molar-refractivity contribution is 9.10. The number of pyridine rings is 1. The van der Waals surface area contributed by atoms with E-state index in [0.29, 0.717) is 12.2 Å². The summed E-state index contributed by atoms with van der Waals surface area (Å²) in [6.45, 7) is 2.42. The molecule has 0 saturated carbocycles. The number of imide groups is 1.